The fraction of sp³-hybridized carbons (Fsp3) is 0.0625. The van der Waals surface area contributed by atoms with Gasteiger partial charge < -0.3 is 10.3 Å². The number of carbonyl (C=O) groups excluding carboxylic acids is 1. The molecule has 0 aliphatic rings. The lowest BCUT2D eigenvalue weighted by molar-refractivity contribution is -0.137. The zero-order valence-electron chi connectivity index (χ0n) is 12.0. The number of nitrogens with one attached hydrogen (secondary N) is 2. The molecule has 1 aromatic heterocycles. The highest BCUT2D eigenvalue weighted by molar-refractivity contribution is 6.10. The molecule has 0 bridgehead atoms. The van der Waals surface area contributed by atoms with Crippen LogP contribution in [0.4, 0.5) is 18.9 Å². The maximum Gasteiger partial charge on any atom is 0.416 e. The van der Waals surface area contributed by atoms with E-state index in [0.717, 1.165) is 24.3 Å². The molecule has 0 saturated heterocycles. The van der Waals surface area contributed by atoms with Crippen molar-refractivity contribution in [2.24, 2.45) is 0 Å². The summed E-state index contributed by atoms with van der Waals surface area (Å²) in [5, 5.41) is 2.87. The predicted octanol–water partition coefficient (Wildman–Crippen LogP) is 3.19. The van der Waals surface area contributed by atoms with Crippen molar-refractivity contribution >= 4 is 22.5 Å². The second kappa shape index (κ2) is 5.80. The summed E-state index contributed by atoms with van der Waals surface area (Å²) in [7, 11) is 0. The molecule has 2 N–H and O–H groups in total. The molecule has 0 spiro atoms. The maximum atomic E-state index is 12.5. The van der Waals surface area contributed by atoms with Crippen molar-refractivity contribution in [1.29, 1.82) is 0 Å². The number of para-hydroxylation sites is 1. The average Bonchev–Trinajstić information content (AvgIpc) is 2.53. The van der Waals surface area contributed by atoms with E-state index in [1.54, 1.807) is 24.3 Å². The Labute approximate surface area is 133 Å². The van der Waals surface area contributed by atoms with E-state index < -0.39 is 23.3 Å². The number of nitrogens with zero attached hydrogens (tertiary/aromatic N) is 1. The minimum Gasteiger partial charge on any atom is -0.321 e. The number of fused-ring (bicyclic) bond motifs is 1. The van der Waals surface area contributed by atoms with Crippen molar-refractivity contribution in [3.63, 3.8) is 0 Å². The molecular formula is C16H10F3N3O2. The Bertz CT molecular complexity index is 963. The number of anilines is 1. The van der Waals surface area contributed by atoms with Gasteiger partial charge in [-0.15, -0.1) is 0 Å². The van der Waals surface area contributed by atoms with Crippen molar-refractivity contribution in [1.82, 2.24) is 9.97 Å². The maximum absolute atomic E-state index is 12.5. The van der Waals surface area contributed by atoms with Crippen LogP contribution < -0.4 is 11.0 Å². The fourth-order valence-corrected chi connectivity index (χ4v) is 2.21. The first-order chi connectivity index (χ1) is 11.3. The van der Waals surface area contributed by atoms with Crippen LogP contribution in [0.3, 0.4) is 0 Å². The Balaban J connectivity index is 1.92. The molecule has 0 fully saturated rings. The number of hydrogen-bond donors (Lipinski definition) is 2. The third-order valence-electron chi connectivity index (χ3n) is 3.32. The molecule has 24 heavy (non-hydrogen) atoms. The van der Waals surface area contributed by atoms with Crippen LogP contribution in [-0.2, 0) is 6.18 Å². The Morgan fingerprint density at radius 3 is 2.38 bits per heavy atom. The van der Waals surface area contributed by atoms with Gasteiger partial charge in [0, 0.05) is 11.1 Å². The first kappa shape index (κ1) is 15.7. The van der Waals surface area contributed by atoms with Gasteiger partial charge >= 0.3 is 11.9 Å². The molecule has 2 aromatic carbocycles. The molecule has 0 aliphatic heterocycles. The van der Waals surface area contributed by atoms with Crippen LogP contribution in [0.1, 0.15) is 16.1 Å². The Hall–Kier alpha value is -3.16. The van der Waals surface area contributed by atoms with Gasteiger partial charge in [0.1, 0.15) is 5.69 Å². The number of H-pyrrole nitrogens is 1. The quantitative estimate of drug-likeness (QED) is 0.756. The molecular weight excluding hydrogens is 323 g/mol. The normalized spacial score (nSPS) is 11.5. The van der Waals surface area contributed by atoms with E-state index in [2.05, 4.69) is 15.3 Å². The zero-order chi connectivity index (χ0) is 17.3. The number of hydrogen-bond acceptors (Lipinski definition) is 3. The summed E-state index contributed by atoms with van der Waals surface area (Å²) >= 11 is 0. The third kappa shape index (κ3) is 3.12. The molecule has 0 aliphatic carbocycles. The molecule has 0 unspecified atom stereocenters. The van der Waals surface area contributed by atoms with Crippen molar-refractivity contribution in [3.05, 3.63) is 70.3 Å². The molecule has 1 heterocycles. The van der Waals surface area contributed by atoms with E-state index in [9.17, 15) is 22.8 Å². The van der Waals surface area contributed by atoms with Gasteiger partial charge in [-0.25, -0.2) is 4.79 Å². The predicted molar refractivity (Wildman–Crippen MR) is 81.8 cm³/mol. The van der Waals surface area contributed by atoms with Crippen molar-refractivity contribution in [2.45, 2.75) is 6.18 Å². The van der Waals surface area contributed by atoms with Gasteiger partial charge in [0.25, 0.3) is 5.91 Å². The highest BCUT2D eigenvalue weighted by Gasteiger charge is 2.30. The molecule has 0 saturated carbocycles. The second-order valence-electron chi connectivity index (χ2n) is 4.97. The minimum absolute atomic E-state index is 0.103. The van der Waals surface area contributed by atoms with Crippen LogP contribution in [0, 0.1) is 0 Å². The Kier molecular flexibility index (Phi) is 3.80. The Morgan fingerprint density at radius 2 is 1.71 bits per heavy atom. The molecule has 0 radical (unpaired) electrons. The van der Waals surface area contributed by atoms with Gasteiger partial charge in [-0.1, -0.05) is 18.2 Å². The number of benzene rings is 2. The monoisotopic (exact) mass is 333 g/mol. The van der Waals surface area contributed by atoms with Crippen LogP contribution >= 0.6 is 0 Å². The van der Waals surface area contributed by atoms with E-state index in [0.29, 0.717) is 10.9 Å². The summed E-state index contributed by atoms with van der Waals surface area (Å²) < 4.78 is 37.6. The summed E-state index contributed by atoms with van der Waals surface area (Å²) in [5.41, 5.74) is -1.00. The summed E-state index contributed by atoms with van der Waals surface area (Å²) in [6.07, 6.45) is -4.45. The van der Waals surface area contributed by atoms with Crippen LogP contribution in [0.15, 0.2) is 53.3 Å². The van der Waals surface area contributed by atoms with Gasteiger partial charge in [0.2, 0.25) is 0 Å². The molecule has 122 valence electrons. The lowest BCUT2D eigenvalue weighted by Crippen LogP contribution is -2.21. The molecule has 0 atom stereocenters. The van der Waals surface area contributed by atoms with Gasteiger partial charge in [0.15, 0.2) is 0 Å². The van der Waals surface area contributed by atoms with Crippen molar-refractivity contribution in [2.75, 3.05) is 5.32 Å². The van der Waals surface area contributed by atoms with Crippen molar-refractivity contribution in [3.8, 4) is 0 Å². The average molecular weight is 333 g/mol. The highest BCUT2D eigenvalue weighted by atomic mass is 19.4. The smallest absolute Gasteiger partial charge is 0.321 e. The molecule has 8 heteroatoms. The SMILES string of the molecule is O=C(Nc1ccc(C(F)(F)F)cc1)c1nc(=O)[nH]c2ccccc12. The summed E-state index contributed by atoms with van der Waals surface area (Å²) in [4.78, 5) is 30.0. The zero-order valence-corrected chi connectivity index (χ0v) is 12.0. The summed E-state index contributed by atoms with van der Waals surface area (Å²) in [6.45, 7) is 0. The summed E-state index contributed by atoms with van der Waals surface area (Å²) in [6, 6.07) is 10.6. The lowest BCUT2D eigenvalue weighted by atomic mass is 10.1. The van der Waals surface area contributed by atoms with E-state index in [1.165, 1.54) is 0 Å². The standard InChI is InChI=1S/C16H10F3N3O2/c17-16(18,19)9-5-7-10(8-6-9)20-14(23)13-11-3-1-2-4-12(11)21-15(24)22-13/h1-8H,(H,20,23)(H,21,22,24). The molecule has 1 amide bonds. The van der Waals surface area contributed by atoms with Crippen LogP contribution in [0.25, 0.3) is 10.9 Å². The van der Waals surface area contributed by atoms with Crippen LogP contribution in [-0.4, -0.2) is 15.9 Å². The first-order valence-corrected chi connectivity index (χ1v) is 6.82. The number of alkyl halides is 3. The van der Waals surface area contributed by atoms with Gasteiger partial charge in [-0.05, 0) is 30.3 Å². The number of rotatable bonds is 2. The number of halogens is 3. The van der Waals surface area contributed by atoms with E-state index in [4.69, 9.17) is 0 Å². The number of carbonyl (C=O) groups is 1. The van der Waals surface area contributed by atoms with Gasteiger partial charge in [0.05, 0.1) is 11.1 Å². The largest absolute Gasteiger partial charge is 0.416 e. The number of aromatic nitrogens is 2. The van der Waals surface area contributed by atoms with Crippen molar-refractivity contribution < 1.29 is 18.0 Å². The highest BCUT2D eigenvalue weighted by Crippen LogP contribution is 2.29. The topological polar surface area (TPSA) is 74.8 Å². The fourth-order valence-electron chi connectivity index (χ4n) is 2.21. The lowest BCUT2D eigenvalue weighted by Gasteiger charge is -2.09. The van der Waals surface area contributed by atoms with Gasteiger partial charge in [-0.3, -0.25) is 4.79 Å². The number of amides is 1. The van der Waals surface area contributed by atoms with E-state index in [1.807, 2.05) is 0 Å². The third-order valence-corrected chi connectivity index (χ3v) is 3.32. The molecule has 5 nitrogen and oxygen atoms in total. The molecule has 3 aromatic rings. The van der Waals surface area contributed by atoms with Crippen LogP contribution in [0.5, 0.6) is 0 Å². The van der Waals surface area contributed by atoms with Crippen LogP contribution in [0.2, 0.25) is 0 Å². The van der Waals surface area contributed by atoms with E-state index in [-0.39, 0.29) is 11.4 Å². The Morgan fingerprint density at radius 1 is 1.04 bits per heavy atom. The molecule has 3 rings (SSSR count). The first-order valence-electron chi connectivity index (χ1n) is 6.82. The minimum atomic E-state index is -4.45. The second-order valence-corrected chi connectivity index (χ2v) is 4.97. The van der Waals surface area contributed by atoms with Gasteiger partial charge in [-0.2, -0.15) is 18.2 Å². The summed E-state index contributed by atoms with van der Waals surface area (Å²) in [5.74, 6) is -0.683. The number of aromatic amines is 1. The van der Waals surface area contributed by atoms with E-state index >= 15 is 0 Å².